The lowest BCUT2D eigenvalue weighted by Crippen LogP contribution is -2.09. The number of aliphatic hydroxyl groups is 1. The van der Waals surface area contributed by atoms with Crippen molar-refractivity contribution < 1.29 is 9.52 Å². The molecule has 0 bridgehead atoms. The Labute approximate surface area is 150 Å². The van der Waals surface area contributed by atoms with E-state index in [1.54, 1.807) is 13.8 Å². The second-order valence-electron chi connectivity index (χ2n) is 6.86. The molecule has 4 rings (SSSR count). The Morgan fingerprint density at radius 1 is 1.15 bits per heavy atom. The molecule has 1 N–H and O–H groups in total. The van der Waals surface area contributed by atoms with Gasteiger partial charge in [0.05, 0.1) is 17.2 Å². The summed E-state index contributed by atoms with van der Waals surface area (Å²) < 4.78 is 8.08. The van der Waals surface area contributed by atoms with Gasteiger partial charge >= 0.3 is 0 Å². The molecule has 0 saturated heterocycles. The summed E-state index contributed by atoms with van der Waals surface area (Å²) in [5.41, 5.74) is 5.02. The minimum atomic E-state index is -0.727. The molecule has 0 fully saturated rings. The van der Waals surface area contributed by atoms with Crippen LogP contribution in [0, 0.1) is 20.8 Å². The van der Waals surface area contributed by atoms with Gasteiger partial charge in [0.1, 0.15) is 17.0 Å². The van der Waals surface area contributed by atoms with E-state index in [4.69, 9.17) is 4.42 Å². The van der Waals surface area contributed by atoms with E-state index in [9.17, 15) is 9.90 Å². The summed E-state index contributed by atoms with van der Waals surface area (Å²) in [5, 5.41) is 10.6. The Balaban J connectivity index is 2.05. The van der Waals surface area contributed by atoms with Crippen LogP contribution in [0.4, 0.5) is 0 Å². The van der Waals surface area contributed by atoms with Crippen molar-refractivity contribution in [2.75, 3.05) is 0 Å². The first-order valence-electron chi connectivity index (χ1n) is 8.57. The Morgan fingerprint density at radius 2 is 1.92 bits per heavy atom. The van der Waals surface area contributed by atoms with Gasteiger partial charge in [-0.25, -0.2) is 4.98 Å². The van der Waals surface area contributed by atoms with Crippen LogP contribution in [0.5, 0.6) is 0 Å². The van der Waals surface area contributed by atoms with Crippen LogP contribution < -0.4 is 5.43 Å². The highest BCUT2D eigenvalue weighted by atomic mass is 16.3. The number of imidazole rings is 1. The first kappa shape index (κ1) is 16.5. The third kappa shape index (κ3) is 2.52. The van der Waals surface area contributed by atoms with Crippen LogP contribution >= 0.6 is 0 Å². The number of fused-ring (bicyclic) bond motifs is 2. The highest BCUT2D eigenvalue weighted by molar-refractivity contribution is 5.84. The van der Waals surface area contributed by atoms with Crippen LogP contribution in [0.3, 0.4) is 0 Å². The predicted octanol–water partition coefficient (Wildman–Crippen LogP) is 4.09. The van der Waals surface area contributed by atoms with Crippen molar-refractivity contribution in [2.45, 2.75) is 33.8 Å². The van der Waals surface area contributed by atoms with Crippen LogP contribution in [0.15, 0.2) is 45.9 Å². The predicted molar refractivity (Wildman–Crippen MR) is 102 cm³/mol. The van der Waals surface area contributed by atoms with Gasteiger partial charge in [-0.3, -0.25) is 4.79 Å². The fourth-order valence-electron chi connectivity index (χ4n) is 3.41. The lowest BCUT2D eigenvalue weighted by Gasteiger charge is -2.13. The maximum Gasteiger partial charge on any atom is 0.196 e. The van der Waals surface area contributed by atoms with Gasteiger partial charge in [0.2, 0.25) is 0 Å². The van der Waals surface area contributed by atoms with Gasteiger partial charge in [-0.2, -0.15) is 0 Å². The monoisotopic (exact) mass is 348 g/mol. The van der Waals surface area contributed by atoms with Crippen LogP contribution in [0.25, 0.3) is 27.9 Å². The minimum absolute atomic E-state index is 0.0752. The highest BCUT2D eigenvalue weighted by Crippen LogP contribution is 2.30. The third-order valence-electron chi connectivity index (χ3n) is 4.68. The van der Waals surface area contributed by atoms with Crippen LogP contribution in [-0.2, 0) is 0 Å². The molecule has 5 heteroatoms. The largest absolute Gasteiger partial charge is 0.455 e. The summed E-state index contributed by atoms with van der Waals surface area (Å²) in [6.07, 6.45) is 3.11. The molecule has 1 atom stereocenters. The molecule has 26 heavy (non-hydrogen) atoms. The zero-order valence-electron chi connectivity index (χ0n) is 15.2. The van der Waals surface area contributed by atoms with E-state index in [2.05, 4.69) is 4.98 Å². The van der Waals surface area contributed by atoms with Gasteiger partial charge in [-0.05, 0) is 57.5 Å². The Kier molecular flexibility index (Phi) is 3.70. The van der Waals surface area contributed by atoms with Crippen molar-refractivity contribution in [1.29, 1.82) is 0 Å². The standard InChI is InChI=1S/C21H20N2O3/c1-11-7-16(14(4)24)21-17(8-11)19(25)13(3)20(26-21)15-5-6-18-22-12(2)9-23(18)10-15/h5-10,14,24H,1-4H3/t14-/m1/s1. The zero-order chi connectivity index (χ0) is 18.6. The average molecular weight is 348 g/mol. The molecular weight excluding hydrogens is 328 g/mol. The van der Waals surface area contributed by atoms with Gasteiger partial charge in [-0.15, -0.1) is 0 Å². The van der Waals surface area contributed by atoms with E-state index in [1.807, 2.05) is 54.9 Å². The van der Waals surface area contributed by atoms with E-state index in [0.29, 0.717) is 27.9 Å². The first-order chi connectivity index (χ1) is 12.3. The van der Waals surface area contributed by atoms with Gasteiger partial charge in [0.25, 0.3) is 0 Å². The summed E-state index contributed by atoms with van der Waals surface area (Å²) in [6, 6.07) is 7.47. The van der Waals surface area contributed by atoms with E-state index in [0.717, 1.165) is 22.5 Å². The molecule has 0 saturated carbocycles. The van der Waals surface area contributed by atoms with Crippen molar-refractivity contribution in [1.82, 2.24) is 9.38 Å². The summed E-state index contributed by atoms with van der Waals surface area (Å²) in [4.78, 5) is 17.4. The SMILES string of the molecule is Cc1cc([C@@H](C)O)c2oc(-c3ccc4nc(C)cn4c3)c(C)c(=O)c2c1. The maximum atomic E-state index is 13.0. The molecule has 5 nitrogen and oxygen atoms in total. The Bertz CT molecular complexity index is 1220. The van der Waals surface area contributed by atoms with Crippen molar-refractivity contribution in [2.24, 2.45) is 0 Å². The van der Waals surface area contributed by atoms with E-state index in [1.165, 1.54) is 0 Å². The molecule has 0 spiro atoms. The molecule has 132 valence electrons. The number of nitrogens with zero attached hydrogens (tertiary/aromatic N) is 2. The number of aromatic nitrogens is 2. The van der Waals surface area contributed by atoms with Gasteiger partial charge < -0.3 is 13.9 Å². The third-order valence-corrected chi connectivity index (χ3v) is 4.68. The molecule has 1 aromatic carbocycles. The topological polar surface area (TPSA) is 67.7 Å². The van der Waals surface area contributed by atoms with E-state index in [-0.39, 0.29) is 5.43 Å². The molecule has 0 amide bonds. The van der Waals surface area contributed by atoms with Gasteiger partial charge in [0, 0.05) is 29.1 Å². The molecule has 0 aliphatic carbocycles. The zero-order valence-corrected chi connectivity index (χ0v) is 15.2. The van der Waals surface area contributed by atoms with Crippen molar-refractivity contribution >= 4 is 16.6 Å². The smallest absolute Gasteiger partial charge is 0.196 e. The minimum Gasteiger partial charge on any atom is -0.455 e. The summed E-state index contributed by atoms with van der Waals surface area (Å²) in [5.74, 6) is 0.515. The second kappa shape index (κ2) is 5.81. The molecule has 0 aliphatic heterocycles. The van der Waals surface area contributed by atoms with Crippen molar-refractivity contribution in [3.8, 4) is 11.3 Å². The average Bonchev–Trinajstić information content (AvgIpc) is 2.96. The molecule has 3 aromatic heterocycles. The van der Waals surface area contributed by atoms with Gasteiger partial charge in [0.15, 0.2) is 5.43 Å². The summed E-state index contributed by atoms with van der Waals surface area (Å²) in [6.45, 7) is 7.29. The number of pyridine rings is 1. The van der Waals surface area contributed by atoms with Crippen LogP contribution in [0.1, 0.15) is 35.4 Å². The summed E-state index contributed by atoms with van der Waals surface area (Å²) in [7, 11) is 0. The molecule has 0 aliphatic rings. The number of rotatable bonds is 2. The first-order valence-corrected chi connectivity index (χ1v) is 8.57. The maximum absolute atomic E-state index is 13.0. The highest BCUT2D eigenvalue weighted by Gasteiger charge is 2.18. The number of hydrogen-bond donors (Lipinski definition) is 1. The number of aliphatic hydroxyl groups excluding tert-OH is 1. The van der Waals surface area contributed by atoms with Crippen molar-refractivity contribution in [3.05, 3.63) is 69.3 Å². The molecule has 3 heterocycles. The number of aryl methyl sites for hydroxylation is 2. The van der Waals surface area contributed by atoms with Crippen molar-refractivity contribution in [3.63, 3.8) is 0 Å². The molecular formula is C21H20N2O3. The number of benzene rings is 1. The van der Waals surface area contributed by atoms with E-state index >= 15 is 0 Å². The summed E-state index contributed by atoms with van der Waals surface area (Å²) >= 11 is 0. The second-order valence-corrected chi connectivity index (χ2v) is 6.86. The Hall–Kier alpha value is -2.92. The van der Waals surface area contributed by atoms with Crippen LogP contribution in [-0.4, -0.2) is 14.5 Å². The lowest BCUT2D eigenvalue weighted by molar-refractivity contribution is 0.199. The Morgan fingerprint density at radius 3 is 2.65 bits per heavy atom. The molecule has 4 aromatic rings. The van der Waals surface area contributed by atoms with Gasteiger partial charge in [-0.1, -0.05) is 0 Å². The van der Waals surface area contributed by atoms with E-state index < -0.39 is 6.10 Å². The quantitative estimate of drug-likeness (QED) is 0.592. The fraction of sp³-hybridized carbons (Fsp3) is 0.238. The lowest BCUT2D eigenvalue weighted by atomic mass is 10.0. The molecule has 0 radical (unpaired) electrons. The molecule has 0 unspecified atom stereocenters. The number of hydrogen-bond acceptors (Lipinski definition) is 4. The fourth-order valence-corrected chi connectivity index (χ4v) is 3.41. The van der Waals surface area contributed by atoms with Crippen LogP contribution in [0.2, 0.25) is 0 Å². The normalized spacial score (nSPS) is 12.8.